The topological polar surface area (TPSA) is 55.4 Å². The molecule has 3 fully saturated rings. The Balaban J connectivity index is 1.64. The molecule has 0 aromatic carbocycles. The Bertz CT molecular complexity index is 600. The quantitative estimate of drug-likeness (QED) is 0.751. The lowest BCUT2D eigenvalue weighted by molar-refractivity contribution is -0.153. The van der Waals surface area contributed by atoms with Gasteiger partial charge in [0.15, 0.2) is 0 Å². The molecular formula is C20H29NO3. The van der Waals surface area contributed by atoms with Crippen molar-refractivity contribution in [1.82, 2.24) is 5.32 Å². The molecule has 7 atom stereocenters. The van der Waals surface area contributed by atoms with Gasteiger partial charge in [0.05, 0.1) is 13.0 Å². The summed E-state index contributed by atoms with van der Waals surface area (Å²) in [5.74, 6) is 2.01. The van der Waals surface area contributed by atoms with Gasteiger partial charge in [-0.15, -0.1) is 0 Å². The SMILES string of the molecule is COC(=O)[C@H]1CC[C@H]2C3CC[C@H]4NC(=O)C=C[C@]4(C)C3CC[C@]12C. The molecular weight excluding hydrogens is 302 g/mol. The second kappa shape index (κ2) is 5.34. The average molecular weight is 331 g/mol. The predicted molar refractivity (Wildman–Crippen MR) is 91.0 cm³/mol. The third-order valence-corrected chi connectivity index (χ3v) is 8.17. The van der Waals surface area contributed by atoms with Crippen molar-refractivity contribution in [3.63, 3.8) is 0 Å². The summed E-state index contributed by atoms with van der Waals surface area (Å²) in [4.78, 5) is 24.0. The van der Waals surface area contributed by atoms with Crippen LogP contribution in [0.3, 0.4) is 0 Å². The summed E-state index contributed by atoms with van der Waals surface area (Å²) >= 11 is 0. The van der Waals surface area contributed by atoms with Crippen LogP contribution < -0.4 is 5.32 Å². The van der Waals surface area contributed by atoms with Gasteiger partial charge >= 0.3 is 5.97 Å². The summed E-state index contributed by atoms with van der Waals surface area (Å²) in [6.07, 6.45) is 10.5. The number of nitrogens with one attached hydrogen (secondary N) is 1. The molecule has 0 spiro atoms. The maximum atomic E-state index is 12.3. The van der Waals surface area contributed by atoms with Gasteiger partial charge in [0.2, 0.25) is 5.91 Å². The minimum absolute atomic E-state index is 0.0110. The monoisotopic (exact) mass is 331 g/mol. The number of rotatable bonds is 1. The van der Waals surface area contributed by atoms with Crippen molar-refractivity contribution >= 4 is 11.9 Å². The van der Waals surface area contributed by atoms with E-state index in [-0.39, 0.29) is 34.7 Å². The number of carbonyl (C=O) groups is 2. The normalized spacial score (nSPS) is 49.6. The molecule has 1 heterocycles. The molecule has 4 heteroatoms. The first-order valence-electron chi connectivity index (χ1n) is 9.47. The highest BCUT2D eigenvalue weighted by Gasteiger charge is 2.61. The smallest absolute Gasteiger partial charge is 0.309 e. The number of methoxy groups -OCH3 is 1. The van der Waals surface area contributed by atoms with Crippen LogP contribution in [0.25, 0.3) is 0 Å². The average Bonchev–Trinajstić information content (AvgIpc) is 2.92. The summed E-state index contributed by atoms with van der Waals surface area (Å²) in [5, 5.41) is 3.20. The molecule has 0 saturated heterocycles. The van der Waals surface area contributed by atoms with Gasteiger partial charge in [0.1, 0.15) is 0 Å². The Morgan fingerprint density at radius 2 is 1.96 bits per heavy atom. The number of fused-ring (bicyclic) bond motifs is 5. The Morgan fingerprint density at radius 3 is 2.71 bits per heavy atom. The van der Waals surface area contributed by atoms with Crippen LogP contribution in [0.4, 0.5) is 0 Å². The fraction of sp³-hybridized carbons (Fsp3) is 0.800. The second-order valence-electron chi connectivity index (χ2n) is 8.91. The lowest BCUT2D eigenvalue weighted by atomic mass is 9.48. The van der Waals surface area contributed by atoms with E-state index in [4.69, 9.17) is 4.74 Å². The molecule has 1 N–H and O–H groups in total. The second-order valence-corrected chi connectivity index (χ2v) is 8.91. The Labute approximate surface area is 144 Å². The number of hydrogen-bond acceptors (Lipinski definition) is 3. The number of hydrogen-bond donors (Lipinski definition) is 1. The van der Waals surface area contributed by atoms with E-state index in [0.717, 1.165) is 32.1 Å². The molecule has 0 aromatic heterocycles. The first-order chi connectivity index (χ1) is 11.4. The summed E-state index contributed by atoms with van der Waals surface area (Å²) in [6, 6.07) is 0.276. The first kappa shape index (κ1) is 16.2. The number of ether oxygens (including phenoxy) is 1. The zero-order chi connectivity index (χ0) is 17.1. The molecule has 4 rings (SSSR count). The summed E-state index contributed by atoms with van der Waals surface area (Å²) in [7, 11) is 1.52. The van der Waals surface area contributed by atoms with Crippen LogP contribution >= 0.6 is 0 Å². The fourth-order valence-electron chi connectivity index (χ4n) is 6.86. The van der Waals surface area contributed by atoms with Crippen molar-refractivity contribution in [3.8, 4) is 0 Å². The zero-order valence-electron chi connectivity index (χ0n) is 15.0. The summed E-state index contributed by atoms with van der Waals surface area (Å²) in [5.41, 5.74) is 0.167. The number of amides is 1. The van der Waals surface area contributed by atoms with Gasteiger partial charge in [0, 0.05) is 11.5 Å². The molecule has 24 heavy (non-hydrogen) atoms. The lowest BCUT2D eigenvalue weighted by Gasteiger charge is -2.58. The molecule has 0 radical (unpaired) electrons. The molecule has 3 aliphatic carbocycles. The van der Waals surface area contributed by atoms with Crippen molar-refractivity contribution in [2.45, 2.75) is 58.4 Å². The van der Waals surface area contributed by atoms with E-state index in [0.29, 0.717) is 17.8 Å². The van der Waals surface area contributed by atoms with Crippen LogP contribution in [0, 0.1) is 34.5 Å². The molecule has 2 unspecified atom stereocenters. The van der Waals surface area contributed by atoms with E-state index in [1.165, 1.54) is 13.5 Å². The highest BCUT2D eigenvalue weighted by atomic mass is 16.5. The summed E-state index contributed by atoms with van der Waals surface area (Å²) < 4.78 is 5.10. The zero-order valence-corrected chi connectivity index (χ0v) is 15.0. The van der Waals surface area contributed by atoms with Gasteiger partial charge in [-0.05, 0) is 67.8 Å². The maximum Gasteiger partial charge on any atom is 0.309 e. The van der Waals surface area contributed by atoms with Gasteiger partial charge in [-0.2, -0.15) is 0 Å². The van der Waals surface area contributed by atoms with Crippen molar-refractivity contribution < 1.29 is 14.3 Å². The van der Waals surface area contributed by atoms with E-state index in [1.807, 2.05) is 0 Å². The Hall–Kier alpha value is -1.32. The van der Waals surface area contributed by atoms with E-state index in [1.54, 1.807) is 6.08 Å². The highest BCUT2D eigenvalue weighted by molar-refractivity contribution is 5.89. The third kappa shape index (κ3) is 2.04. The Morgan fingerprint density at radius 1 is 1.17 bits per heavy atom. The van der Waals surface area contributed by atoms with Crippen molar-refractivity contribution in [1.29, 1.82) is 0 Å². The fourth-order valence-corrected chi connectivity index (χ4v) is 6.86. The van der Waals surface area contributed by atoms with E-state index < -0.39 is 0 Å². The third-order valence-electron chi connectivity index (χ3n) is 8.17. The van der Waals surface area contributed by atoms with E-state index >= 15 is 0 Å². The van der Waals surface area contributed by atoms with Gasteiger partial charge in [0.25, 0.3) is 0 Å². The first-order valence-corrected chi connectivity index (χ1v) is 9.47. The van der Waals surface area contributed by atoms with Crippen molar-refractivity contribution in [2.75, 3.05) is 7.11 Å². The molecule has 0 aromatic rings. The standard InChI is InChI=1S/C20H29NO3/c1-19-10-8-14-12(13(19)5-6-15(19)18(23)24-3)4-7-16-20(14,2)11-9-17(22)21-16/h9,11-16H,4-8,10H2,1-3H3,(H,21,22)/t12?,13-,14?,15+,16+,19-,20+/m0/s1. The largest absolute Gasteiger partial charge is 0.469 e. The molecule has 1 aliphatic heterocycles. The molecule has 132 valence electrons. The van der Waals surface area contributed by atoms with Crippen LogP contribution in [-0.4, -0.2) is 25.0 Å². The van der Waals surface area contributed by atoms with Gasteiger partial charge < -0.3 is 10.1 Å². The van der Waals surface area contributed by atoms with Crippen LogP contribution in [0.2, 0.25) is 0 Å². The maximum absolute atomic E-state index is 12.3. The van der Waals surface area contributed by atoms with Crippen LogP contribution in [0.15, 0.2) is 12.2 Å². The molecule has 0 bridgehead atoms. The molecule has 4 nitrogen and oxygen atoms in total. The number of esters is 1. The van der Waals surface area contributed by atoms with Crippen LogP contribution in [-0.2, 0) is 14.3 Å². The molecule has 3 saturated carbocycles. The van der Waals surface area contributed by atoms with Crippen molar-refractivity contribution in [3.05, 3.63) is 12.2 Å². The predicted octanol–water partition coefficient (Wildman–Crippen LogP) is 3.07. The van der Waals surface area contributed by atoms with Crippen molar-refractivity contribution in [2.24, 2.45) is 34.5 Å². The Kier molecular flexibility index (Phi) is 3.59. The van der Waals surface area contributed by atoms with E-state index in [2.05, 4.69) is 25.2 Å². The minimum atomic E-state index is -0.0110. The minimum Gasteiger partial charge on any atom is -0.469 e. The van der Waals surface area contributed by atoms with Gasteiger partial charge in [-0.3, -0.25) is 9.59 Å². The number of carbonyl (C=O) groups excluding carboxylic acids is 2. The van der Waals surface area contributed by atoms with E-state index in [9.17, 15) is 9.59 Å². The van der Waals surface area contributed by atoms with Gasteiger partial charge in [-0.1, -0.05) is 19.9 Å². The molecule has 1 amide bonds. The molecule has 4 aliphatic rings. The summed E-state index contributed by atoms with van der Waals surface area (Å²) in [6.45, 7) is 4.66. The van der Waals surface area contributed by atoms with Gasteiger partial charge in [-0.25, -0.2) is 0 Å². The lowest BCUT2D eigenvalue weighted by Crippen LogP contribution is -2.59. The van der Waals surface area contributed by atoms with Crippen LogP contribution in [0.1, 0.15) is 52.4 Å². The van der Waals surface area contributed by atoms with Crippen LogP contribution in [0.5, 0.6) is 0 Å². The highest BCUT2D eigenvalue weighted by Crippen LogP contribution is 2.65.